The number of fused-ring (bicyclic) bond motifs is 1. The maximum atomic E-state index is 14.8. The van der Waals surface area contributed by atoms with Crippen LogP contribution in [0, 0.1) is 5.82 Å². The minimum atomic E-state index is -3.62. The van der Waals surface area contributed by atoms with E-state index in [1.54, 1.807) is 29.6 Å². The number of hydrogen-bond donors (Lipinski definition) is 6. The molecule has 0 saturated carbocycles. The third-order valence-electron chi connectivity index (χ3n) is 8.30. The average molecular weight is 566 g/mol. The van der Waals surface area contributed by atoms with Crippen LogP contribution in [0.4, 0.5) is 10.1 Å². The second kappa shape index (κ2) is 9.93. The molecule has 2 aromatic rings. The molecule has 16 heteroatoms. The van der Waals surface area contributed by atoms with Gasteiger partial charge < -0.3 is 35.4 Å². The lowest BCUT2D eigenvalue weighted by molar-refractivity contribution is -0.304. The molecule has 2 unspecified atom stereocenters. The maximum Gasteiger partial charge on any atom is 0.289 e. The number of aliphatic hydroxyl groups is 4. The van der Waals surface area contributed by atoms with Crippen molar-refractivity contribution in [1.29, 1.82) is 0 Å². The second-order valence-electron chi connectivity index (χ2n) is 11.3. The van der Waals surface area contributed by atoms with Crippen molar-refractivity contribution in [2.24, 2.45) is 0 Å². The lowest BCUT2D eigenvalue weighted by Crippen LogP contribution is -2.87. The quantitative estimate of drug-likeness (QED) is 0.114. The standard InChI is InChI=1S/C25H30B3FN4O8/c26-24(27)18-15(19(34)33(24)22(37)20(35)31-21(36)23(38,39)25(22,28)40)2-1-3-17(18)30-11-14-10-13(4-5-16(14)29)12-32-6-8-41-9-7-32/h1-5,10,30,37-40H,6-9,11-12,26-28H2,(H,31,35,36). The van der Waals surface area contributed by atoms with E-state index in [1.807, 2.05) is 0 Å². The molecule has 0 aromatic heterocycles. The van der Waals surface area contributed by atoms with Gasteiger partial charge >= 0.3 is 0 Å². The molecular weight excluding hydrogens is 536 g/mol. The molecule has 3 aliphatic rings. The smallest absolute Gasteiger partial charge is 0.289 e. The largest absolute Gasteiger partial charge is 0.387 e. The fraction of sp³-hybridized carbons (Fsp3) is 0.400. The van der Waals surface area contributed by atoms with Crippen molar-refractivity contribution in [3.63, 3.8) is 0 Å². The molecule has 0 bridgehead atoms. The predicted octanol–water partition coefficient (Wildman–Crippen LogP) is -4.55. The van der Waals surface area contributed by atoms with Gasteiger partial charge in [-0.3, -0.25) is 24.6 Å². The normalized spacial score (nSPS) is 27.4. The number of carbonyl (C=O) groups excluding carboxylic acids is 3. The third kappa shape index (κ3) is 4.37. The summed E-state index contributed by atoms with van der Waals surface area (Å²) in [5, 5.41) is 46.6. The summed E-state index contributed by atoms with van der Waals surface area (Å²) in [5.41, 5.74) is -4.46. The summed E-state index contributed by atoms with van der Waals surface area (Å²) < 4.78 is 20.2. The zero-order chi connectivity index (χ0) is 30.0. The molecular formula is C25H30B3FN4O8. The first-order valence-corrected chi connectivity index (χ1v) is 13.2. The Morgan fingerprint density at radius 2 is 1.68 bits per heavy atom. The highest BCUT2D eigenvalue weighted by Gasteiger charge is 2.75. The average Bonchev–Trinajstić information content (AvgIpc) is 3.13. The Morgan fingerprint density at radius 3 is 2.37 bits per heavy atom. The molecule has 3 heterocycles. The van der Waals surface area contributed by atoms with Crippen LogP contribution in [0.25, 0.3) is 0 Å². The predicted molar refractivity (Wildman–Crippen MR) is 150 cm³/mol. The second-order valence-corrected chi connectivity index (χ2v) is 11.3. The Hall–Kier alpha value is -3.27. The zero-order valence-electron chi connectivity index (χ0n) is 22.9. The van der Waals surface area contributed by atoms with E-state index >= 15 is 0 Å². The number of halogens is 1. The van der Waals surface area contributed by atoms with Crippen molar-refractivity contribution in [2.45, 2.75) is 35.4 Å². The van der Waals surface area contributed by atoms with Gasteiger partial charge in [0.05, 0.1) is 13.2 Å². The van der Waals surface area contributed by atoms with E-state index in [2.05, 4.69) is 10.2 Å². The molecule has 3 aliphatic heterocycles. The fourth-order valence-corrected chi connectivity index (χ4v) is 5.93. The number of nitrogens with one attached hydrogen (secondary N) is 2. The molecule has 214 valence electrons. The topological polar surface area (TPSA) is 172 Å². The van der Waals surface area contributed by atoms with Gasteiger partial charge in [-0.15, -0.1) is 0 Å². The SMILES string of the molecule is BC1(B)c2c(NCc3cc(CN4CCOCC4)ccc3F)cccc2C(=O)N1C1(O)C(=O)NC(=O)C(O)(O)C1(B)O. The maximum absolute atomic E-state index is 14.8. The van der Waals surface area contributed by atoms with Crippen molar-refractivity contribution in [3.05, 3.63) is 64.5 Å². The number of anilines is 1. The molecule has 41 heavy (non-hydrogen) atoms. The van der Waals surface area contributed by atoms with E-state index in [4.69, 9.17) is 4.74 Å². The monoisotopic (exact) mass is 566 g/mol. The highest BCUT2D eigenvalue weighted by Crippen LogP contribution is 2.47. The summed E-state index contributed by atoms with van der Waals surface area (Å²) in [6, 6.07) is 9.52. The third-order valence-corrected chi connectivity index (χ3v) is 8.30. The van der Waals surface area contributed by atoms with Crippen LogP contribution in [0.3, 0.4) is 0 Å². The zero-order valence-corrected chi connectivity index (χ0v) is 22.9. The minimum absolute atomic E-state index is 0.0386. The molecule has 5 rings (SSSR count). The first-order chi connectivity index (χ1) is 19.1. The summed E-state index contributed by atoms with van der Waals surface area (Å²) in [6.45, 7) is 3.51. The fourth-order valence-electron chi connectivity index (χ4n) is 5.93. The van der Waals surface area contributed by atoms with Gasteiger partial charge in [-0.1, -0.05) is 12.1 Å². The van der Waals surface area contributed by atoms with Crippen molar-refractivity contribution in [1.82, 2.24) is 15.1 Å². The van der Waals surface area contributed by atoms with E-state index in [0.29, 0.717) is 49.3 Å². The van der Waals surface area contributed by atoms with E-state index in [1.165, 1.54) is 27.8 Å². The number of nitrogens with zero attached hydrogens (tertiary/aromatic N) is 2. The summed E-state index contributed by atoms with van der Waals surface area (Å²) in [5.74, 6) is -8.11. The van der Waals surface area contributed by atoms with Crippen LogP contribution >= 0.6 is 0 Å². The van der Waals surface area contributed by atoms with Crippen LogP contribution in [0.1, 0.15) is 27.0 Å². The van der Waals surface area contributed by atoms with E-state index < -0.39 is 45.9 Å². The number of rotatable bonds is 6. The van der Waals surface area contributed by atoms with Crippen molar-refractivity contribution < 1.29 is 43.9 Å². The van der Waals surface area contributed by atoms with Gasteiger partial charge in [0.15, 0.2) is 7.85 Å². The van der Waals surface area contributed by atoms with Crippen molar-refractivity contribution in [2.75, 3.05) is 31.6 Å². The number of carbonyl (C=O) groups is 3. The Morgan fingerprint density at radius 1 is 1.00 bits per heavy atom. The number of piperidine rings is 1. The van der Waals surface area contributed by atoms with Gasteiger partial charge in [0.2, 0.25) is 5.72 Å². The van der Waals surface area contributed by atoms with E-state index in [0.717, 1.165) is 18.7 Å². The Labute approximate surface area is 237 Å². The van der Waals surface area contributed by atoms with Crippen molar-refractivity contribution >= 4 is 46.9 Å². The van der Waals surface area contributed by atoms with Crippen LogP contribution < -0.4 is 10.6 Å². The van der Waals surface area contributed by atoms with Gasteiger partial charge in [0, 0.05) is 48.3 Å². The highest BCUT2D eigenvalue weighted by atomic mass is 19.1. The number of benzene rings is 2. The number of ether oxygens (including phenoxy) is 1. The van der Waals surface area contributed by atoms with Crippen LogP contribution in [-0.2, 0) is 32.8 Å². The van der Waals surface area contributed by atoms with Crippen LogP contribution in [0.5, 0.6) is 0 Å². The molecule has 2 atom stereocenters. The van der Waals surface area contributed by atoms with Gasteiger partial charge in [-0.25, -0.2) is 4.39 Å². The Kier molecular flexibility index (Phi) is 7.08. The van der Waals surface area contributed by atoms with Gasteiger partial charge in [0.25, 0.3) is 23.5 Å². The molecule has 0 spiro atoms. The van der Waals surface area contributed by atoms with Gasteiger partial charge in [0.1, 0.15) is 27.0 Å². The Balaban J connectivity index is 1.46. The molecule has 12 nitrogen and oxygen atoms in total. The molecule has 0 aliphatic carbocycles. The molecule has 0 radical (unpaired) electrons. The summed E-state index contributed by atoms with van der Waals surface area (Å²) in [4.78, 5) is 41.6. The van der Waals surface area contributed by atoms with E-state index in [-0.39, 0.29) is 12.1 Å². The summed E-state index contributed by atoms with van der Waals surface area (Å²) in [6.07, 6.45) is 0. The lowest BCUT2D eigenvalue weighted by atomic mass is 9.54. The number of hydrogen-bond acceptors (Lipinski definition) is 10. The first kappa shape index (κ1) is 29.2. The first-order valence-electron chi connectivity index (χ1n) is 13.2. The van der Waals surface area contributed by atoms with E-state index in [9.17, 15) is 39.2 Å². The molecule has 2 saturated heterocycles. The number of amides is 3. The summed E-state index contributed by atoms with van der Waals surface area (Å²) in [7, 11) is 3.65. The van der Waals surface area contributed by atoms with Crippen LogP contribution in [-0.4, -0.2) is 115 Å². The van der Waals surface area contributed by atoms with Crippen LogP contribution in [0.2, 0.25) is 0 Å². The molecule has 3 amide bonds. The number of morpholine rings is 1. The van der Waals surface area contributed by atoms with Crippen molar-refractivity contribution in [3.8, 4) is 0 Å². The molecule has 6 N–H and O–H groups in total. The Bertz CT molecular complexity index is 1440. The van der Waals surface area contributed by atoms with Crippen LogP contribution in [0.15, 0.2) is 36.4 Å². The summed E-state index contributed by atoms with van der Waals surface area (Å²) >= 11 is 0. The van der Waals surface area contributed by atoms with Gasteiger partial charge in [-0.2, -0.15) is 0 Å². The number of imide groups is 1. The lowest BCUT2D eigenvalue weighted by Gasteiger charge is -2.55. The highest BCUT2D eigenvalue weighted by molar-refractivity contribution is 6.44. The van der Waals surface area contributed by atoms with Gasteiger partial charge in [-0.05, 0) is 35.4 Å². The minimum Gasteiger partial charge on any atom is -0.387 e. The molecule has 2 aromatic carbocycles. The molecule has 2 fully saturated rings.